The van der Waals surface area contributed by atoms with Crippen LogP contribution in [0.15, 0.2) is 6.20 Å². The Labute approximate surface area is 94.4 Å². The van der Waals surface area contributed by atoms with Gasteiger partial charge in [0.15, 0.2) is 5.78 Å². The number of carbonyl (C=O) groups is 1. The zero-order valence-electron chi connectivity index (χ0n) is 9.03. The van der Waals surface area contributed by atoms with Crippen molar-refractivity contribution in [1.29, 1.82) is 0 Å². The summed E-state index contributed by atoms with van der Waals surface area (Å²) in [6, 6.07) is 0. The van der Waals surface area contributed by atoms with E-state index in [2.05, 4.69) is 5.10 Å². The molecule has 0 radical (unpaired) electrons. The average molecular weight is 230 g/mol. The van der Waals surface area contributed by atoms with Gasteiger partial charge < -0.3 is 5.73 Å². The average Bonchev–Trinajstić information content (AvgIpc) is 2.58. The summed E-state index contributed by atoms with van der Waals surface area (Å²) in [6.45, 7) is 4.93. The first-order valence-electron chi connectivity index (χ1n) is 5.07. The van der Waals surface area contributed by atoms with E-state index >= 15 is 0 Å². The first-order chi connectivity index (χ1) is 7.11. The van der Waals surface area contributed by atoms with Gasteiger partial charge in [0, 0.05) is 12.5 Å². The van der Waals surface area contributed by atoms with Crippen molar-refractivity contribution in [1.82, 2.24) is 9.78 Å². The molecule has 1 atom stereocenters. The summed E-state index contributed by atoms with van der Waals surface area (Å²) in [6.07, 6.45) is 2.18. The minimum absolute atomic E-state index is 0.0183. The second-order valence-electron chi connectivity index (χ2n) is 3.50. The number of aromatic nitrogens is 2. The van der Waals surface area contributed by atoms with Crippen LogP contribution >= 0.6 is 11.6 Å². The number of rotatable bonds is 5. The normalized spacial score (nSPS) is 12.8. The van der Waals surface area contributed by atoms with Crippen molar-refractivity contribution in [2.45, 2.75) is 26.8 Å². The van der Waals surface area contributed by atoms with Gasteiger partial charge >= 0.3 is 0 Å². The van der Waals surface area contributed by atoms with E-state index in [1.54, 1.807) is 4.68 Å². The zero-order chi connectivity index (χ0) is 11.4. The highest BCUT2D eigenvalue weighted by molar-refractivity contribution is 6.33. The molecule has 84 valence electrons. The van der Waals surface area contributed by atoms with Crippen LogP contribution in [-0.4, -0.2) is 22.1 Å². The molecule has 1 unspecified atom stereocenters. The van der Waals surface area contributed by atoms with Crippen molar-refractivity contribution in [3.63, 3.8) is 0 Å². The number of nitrogens with two attached hydrogens (primary N) is 1. The lowest BCUT2D eigenvalue weighted by Gasteiger charge is -2.10. The van der Waals surface area contributed by atoms with Gasteiger partial charge in [-0.05, 0) is 19.9 Å². The molecule has 0 aliphatic heterocycles. The SMILES string of the molecule is CCn1ncc(Cl)c1C(=O)C(C)CCN. The molecule has 4 nitrogen and oxygen atoms in total. The van der Waals surface area contributed by atoms with Gasteiger partial charge in [-0.15, -0.1) is 0 Å². The Morgan fingerprint density at radius 2 is 2.40 bits per heavy atom. The van der Waals surface area contributed by atoms with Crippen LogP contribution < -0.4 is 5.73 Å². The predicted molar refractivity (Wildman–Crippen MR) is 60.1 cm³/mol. The molecule has 0 aliphatic carbocycles. The molecule has 0 spiro atoms. The van der Waals surface area contributed by atoms with E-state index in [9.17, 15) is 4.79 Å². The summed E-state index contributed by atoms with van der Waals surface area (Å²) >= 11 is 5.93. The van der Waals surface area contributed by atoms with Gasteiger partial charge in [-0.25, -0.2) is 0 Å². The Kier molecular flexibility index (Phi) is 4.29. The van der Waals surface area contributed by atoms with Gasteiger partial charge in [-0.2, -0.15) is 5.10 Å². The Bertz CT molecular complexity index is 348. The third kappa shape index (κ3) is 2.58. The van der Waals surface area contributed by atoms with Crippen molar-refractivity contribution < 1.29 is 4.79 Å². The smallest absolute Gasteiger partial charge is 0.185 e. The first kappa shape index (κ1) is 12.2. The van der Waals surface area contributed by atoms with Crippen LogP contribution in [0.5, 0.6) is 0 Å². The predicted octanol–water partition coefficient (Wildman–Crippen LogP) is 1.72. The molecule has 2 N–H and O–H groups in total. The standard InChI is InChI=1S/C10H16ClN3O/c1-3-14-9(8(11)6-13-14)10(15)7(2)4-5-12/h6-7H,3-5,12H2,1-2H3. The Balaban J connectivity index is 2.94. The van der Waals surface area contributed by atoms with Gasteiger partial charge in [0.25, 0.3) is 0 Å². The fourth-order valence-electron chi connectivity index (χ4n) is 1.46. The van der Waals surface area contributed by atoms with E-state index < -0.39 is 0 Å². The molecular weight excluding hydrogens is 214 g/mol. The lowest BCUT2D eigenvalue weighted by Crippen LogP contribution is -2.19. The van der Waals surface area contributed by atoms with Gasteiger partial charge in [0.05, 0.1) is 11.2 Å². The van der Waals surface area contributed by atoms with Crippen LogP contribution in [0.25, 0.3) is 0 Å². The number of hydrogen-bond acceptors (Lipinski definition) is 3. The number of aryl methyl sites for hydroxylation is 1. The van der Waals surface area contributed by atoms with Crippen LogP contribution in [0.4, 0.5) is 0 Å². The van der Waals surface area contributed by atoms with E-state index in [4.69, 9.17) is 17.3 Å². The number of nitrogens with zero attached hydrogens (tertiary/aromatic N) is 2. The molecule has 0 saturated carbocycles. The van der Waals surface area contributed by atoms with Crippen LogP contribution in [0.2, 0.25) is 5.02 Å². The quantitative estimate of drug-likeness (QED) is 0.783. The summed E-state index contributed by atoms with van der Waals surface area (Å²) in [5.74, 6) is -0.0840. The number of hydrogen-bond donors (Lipinski definition) is 1. The fourth-order valence-corrected chi connectivity index (χ4v) is 1.70. The second-order valence-corrected chi connectivity index (χ2v) is 3.91. The molecule has 0 bridgehead atoms. The molecule has 5 heteroatoms. The van der Waals surface area contributed by atoms with Crippen molar-refractivity contribution in [2.75, 3.05) is 6.54 Å². The molecule has 1 aromatic heterocycles. The van der Waals surface area contributed by atoms with E-state index in [0.29, 0.717) is 30.2 Å². The fraction of sp³-hybridized carbons (Fsp3) is 0.600. The maximum atomic E-state index is 12.0. The van der Waals surface area contributed by atoms with Gasteiger partial charge in [-0.3, -0.25) is 9.48 Å². The molecule has 15 heavy (non-hydrogen) atoms. The Hall–Kier alpha value is -0.870. The highest BCUT2D eigenvalue weighted by Crippen LogP contribution is 2.20. The molecule has 0 saturated heterocycles. The van der Waals surface area contributed by atoms with E-state index in [1.165, 1.54) is 6.20 Å². The molecule has 0 amide bonds. The van der Waals surface area contributed by atoms with Crippen LogP contribution in [-0.2, 0) is 6.54 Å². The second kappa shape index (κ2) is 5.28. The van der Waals surface area contributed by atoms with Gasteiger partial charge in [0.2, 0.25) is 0 Å². The van der Waals surface area contributed by atoms with E-state index in [1.807, 2.05) is 13.8 Å². The third-order valence-electron chi connectivity index (χ3n) is 2.37. The minimum Gasteiger partial charge on any atom is -0.330 e. The highest BCUT2D eigenvalue weighted by atomic mass is 35.5. The lowest BCUT2D eigenvalue weighted by atomic mass is 10.0. The summed E-state index contributed by atoms with van der Waals surface area (Å²) in [7, 11) is 0. The third-order valence-corrected chi connectivity index (χ3v) is 2.65. The molecule has 0 aromatic carbocycles. The summed E-state index contributed by atoms with van der Waals surface area (Å²) in [4.78, 5) is 12.0. The minimum atomic E-state index is -0.102. The molecule has 1 heterocycles. The zero-order valence-corrected chi connectivity index (χ0v) is 9.79. The largest absolute Gasteiger partial charge is 0.330 e. The topological polar surface area (TPSA) is 60.9 Å². The maximum Gasteiger partial charge on any atom is 0.185 e. The molecule has 0 aliphatic rings. The summed E-state index contributed by atoms with van der Waals surface area (Å²) in [5, 5.41) is 4.45. The van der Waals surface area contributed by atoms with Crippen LogP contribution in [0, 0.1) is 5.92 Å². The van der Waals surface area contributed by atoms with Crippen molar-refractivity contribution in [3.8, 4) is 0 Å². The summed E-state index contributed by atoms with van der Waals surface area (Å²) in [5.41, 5.74) is 5.92. The molecule has 0 fully saturated rings. The van der Waals surface area contributed by atoms with Crippen molar-refractivity contribution in [2.24, 2.45) is 11.7 Å². The van der Waals surface area contributed by atoms with Crippen molar-refractivity contribution >= 4 is 17.4 Å². The maximum absolute atomic E-state index is 12.0. The van der Waals surface area contributed by atoms with Gasteiger partial charge in [-0.1, -0.05) is 18.5 Å². The number of carbonyl (C=O) groups excluding carboxylic acids is 1. The molecule has 1 rings (SSSR count). The highest BCUT2D eigenvalue weighted by Gasteiger charge is 2.21. The Morgan fingerprint density at radius 3 is 2.93 bits per heavy atom. The van der Waals surface area contributed by atoms with E-state index in [-0.39, 0.29) is 11.7 Å². The first-order valence-corrected chi connectivity index (χ1v) is 5.45. The Morgan fingerprint density at radius 1 is 1.73 bits per heavy atom. The molecular formula is C10H16ClN3O. The van der Waals surface area contributed by atoms with Crippen LogP contribution in [0.1, 0.15) is 30.8 Å². The number of Topliss-reactive ketones (excluding diaryl/α,β-unsaturated/α-hetero) is 1. The number of halogens is 1. The van der Waals surface area contributed by atoms with Crippen LogP contribution in [0.3, 0.4) is 0 Å². The molecule has 1 aromatic rings. The van der Waals surface area contributed by atoms with Crippen molar-refractivity contribution in [3.05, 3.63) is 16.9 Å². The summed E-state index contributed by atoms with van der Waals surface area (Å²) < 4.78 is 1.62. The van der Waals surface area contributed by atoms with Gasteiger partial charge in [0.1, 0.15) is 5.69 Å². The van der Waals surface area contributed by atoms with E-state index in [0.717, 1.165) is 0 Å². The monoisotopic (exact) mass is 229 g/mol. The lowest BCUT2D eigenvalue weighted by molar-refractivity contribution is 0.0914. The number of ketones is 1.